The minimum absolute atomic E-state index is 0.820. The highest BCUT2D eigenvalue weighted by molar-refractivity contribution is 5.80. The summed E-state index contributed by atoms with van der Waals surface area (Å²) >= 11 is 0. The van der Waals surface area contributed by atoms with E-state index in [0.717, 1.165) is 57.2 Å². The van der Waals surface area contributed by atoms with Crippen molar-refractivity contribution in [2.45, 2.75) is 32.7 Å². The van der Waals surface area contributed by atoms with Crippen molar-refractivity contribution in [2.75, 3.05) is 26.7 Å². The van der Waals surface area contributed by atoms with Crippen molar-refractivity contribution in [3.05, 3.63) is 53.6 Å². The van der Waals surface area contributed by atoms with E-state index < -0.39 is 0 Å². The Morgan fingerprint density at radius 3 is 2.69 bits per heavy atom. The van der Waals surface area contributed by atoms with Gasteiger partial charge in [-0.25, -0.2) is 0 Å². The number of likely N-dealkylation sites (tertiary alicyclic amines) is 1. The number of rotatable bonds is 5. The van der Waals surface area contributed by atoms with E-state index in [1.807, 2.05) is 7.05 Å². The van der Waals surface area contributed by atoms with Crippen LogP contribution in [0.4, 0.5) is 0 Å². The highest BCUT2D eigenvalue weighted by atomic mass is 15.3. The van der Waals surface area contributed by atoms with Crippen LogP contribution in [0.5, 0.6) is 0 Å². The van der Waals surface area contributed by atoms with Crippen LogP contribution in [0.25, 0.3) is 6.08 Å². The summed E-state index contributed by atoms with van der Waals surface area (Å²) in [6, 6.07) is 10.6. The van der Waals surface area contributed by atoms with Gasteiger partial charge in [0, 0.05) is 39.6 Å². The van der Waals surface area contributed by atoms with Gasteiger partial charge in [0.05, 0.1) is 0 Å². The van der Waals surface area contributed by atoms with Gasteiger partial charge in [-0.2, -0.15) is 0 Å². The van der Waals surface area contributed by atoms with E-state index in [0.29, 0.717) is 0 Å². The summed E-state index contributed by atoms with van der Waals surface area (Å²) in [6.45, 7) is 5.78. The van der Waals surface area contributed by atoms with E-state index in [2.05, 4.69) is 73.3 Å². The Morgan fingerprint density at radius 2 is 2.00 bits per heavy atom. The summed E-state index contributed by atoms with van der Waals surface area (Å²) in [7, 11) is 1.86. The molecule has 1 aliphatic rings. The third-order valence-electron chi connectivity index (χ3n) is 4.74. The molecule has 6 nitrogen and oxygen atoms in total. The van der Waals surface area contributed by atoms with Crippen LogP contribution >= 0.6 is 0 Å². The first kappa shape index (κ1) is 18.2. The summed E-state index contributed by atoms with van der Waals surface area (Å²) in [5, 5.41) is 11.6. The Hall–Kier alpha value is -2.63. The Balaban J connectivity index is 1.48. The number of aromatic nitrogens is 3. The molecule has 0 bridgehead atoms. The molecule has 1 N–H and O–H groups in total. The topological polar surface area (TPSA) is 58.3 Å². The minimum Gasteiger partial charge on any atom is -0.354 e. The van der Waals surface area contributed by atoms with E-state index in [4.69, 9.17) is 0 Å². The third-order valence-corrected chi connectivity index (χ3v) is 4.74. The molecule has 138 valence electrons. The van der Waals surface area contributed by atoms with Crippen LogP contribution in [-0.2, 0) is 13.0 Å². The van der Waals surface area contributed by atoms with Crippen molar-refractivity contribution in [3.8, 4) is 0 Å². The molecule has 0 amide bonds. The molecule has 2 heterocycles. The van der Waals surface area contributed by atoms with E-state index in [-0.39, 0.29) is 0 Å². The Bertz CT molecular complexity index is 737. The summed E-state index contributed by atoms with van der Waals surface area (Å²) in [5.74, 6) is 2.00. The molecule has 3 rings (SSSR count). The van der Waals surface area contributed by atoms with Gasteiger partial charge < -0.3 is 14.8 Å². The molecule has 1 aliphatic heterocycles. The Kier molecular flexibility index (Phi) is 6.41. The molecular weight excluding hydrogens is 324 g/mol. The van der Waals surface area contributed by atoms with Crippen molar-refractivity contribution < 1.29 is 0 Å². The SMILES string of the molecule is CCc1nncn1CCNC(=NC)N1CCC(=Cc2ccccc2)CC1. The molecule has 0 radical (unpaired) electrons. The van der Waals surface area contributed by atoms with E-state index in [9.17, 15) is 0 Å². The fourth-order valence-corrected chi connectivity index (χ4v) is 3.29. The number of guanidine groups is 1. The van der Waals surface area contributed by atoms with Gasteiger partial charge in [-0.05, 0) is 18.4 Å². The Labute approximate surface area is 155 Å². The number of aryl methyl sites for hydroxylation is 1. The van der Waals surface area contributed by atoms with Gasteiger partial charge in [-0.3, -0.25) is 4.99 Å². The smallest absolute Gasteiger partial charge is 0.193 e. The van der Waals surface area contributed by atoms with Gasteiger partial charge in [0.25, 0.3) is 0 Å². The van der Waals surface area contributed by atoms with Crippen molar-refractivity contribution in [2.24, 2.45) is 4.99 Å². The number of piperidine rings is 1. The summed E-state index contributed by atoms with van der Waals surface area (Å²) in [6.07, 6.45) is 7.19. The molecule has 1 aromatic heterocycles. The van der Waals surface area contributed by atoms with Crippen LogP contribution < -0.4 is 5.32 Å². The fraction of sp³-hybridized carbons (Fsp3) is 0.450. The second-order valence-corrected chi connectivity index (χ2v) is 6.47. The van der Waals surface area contributed by atoms with Crippen molar-refractivity contribution in [1.29, 1.82) is 0 Å². The second kappa shape index (κ2) is 9.17. The number of aliphatic imine (C=N–C) groups is 1. The maximum atomic E-state index is 4.45. The standard InChI is InChI=1S/C20H28N6/c1-3-19-24-23-16-26(19)14-11-22-20(21-2)25-12-9-18(10-13-25)15-17-7-5-4-6-8-17/h4-8,15-16H,3,9-14H2,1-2H3,(H,21,22). The highest BCUT2D eigenvalue weighted by Crippen LogP contribution is 2.19. The van der Waals surface area contributed by atoms with Crippen molar-refractivity contribution >= 4 is 12.0 Å². The van der Waals surface area contributed by atoms with Crippen molar-refractivity contribution in [1.82, 2.24) is 25.0 Å². The lowest BCUT2D eigenvalue weighted by atomic mass is 10.0. The van der Waals surface area contributed by atoms with Crippen LogP contribution in [0.1, 0.15) is 31.2 Å². The molecule has 26 heavy (non-hydrogen) atoms. The maximum Gasteiger partial charge on any atom is 0.193 e. The molecule has 0 aliphatic carbocycles. The van der Waals surface area contributed by atoms with Crippen LogP contribution in [0, 0.1) is 0 Å². The Morgan fingerprint density at radius 1 is 1.23 bits per heavy atom. The molecule has 0 unspecified atom stereocenters. The molecular formula is C20H28N6. The molecule has 0 saturated carbocycles. The van der Waals surface area contributed by atoms with Crippen LogP contribution in [0.2, 0.25) is 0 Å². The lowest BCUT2D eigenvalue weighted by molar-refractivity contribution is 0.374. The predicted octanol–water partition coefficient (Wildman–Crippen LogP) is 2.60. The van der Waals surface area contributed by atoms with Gasteiger partial charge in [0.2, 0.25) is 0 Å². The first-order valence-electron chi connectivity index (χ1n) is 9.37. The zero-order chi connectivity index (χ0) is 18.2. The van der Waals surface area contributed by atoms with Gasteiger partial charge in [0.1, 0.15) is 12.2 Å². The number of hydrogen-bond acceptors (Lipinski definition) is 3. The predicted molar refractivity (Wildman–Crippen MR) is 106 cm³/mol. The molecule has 6 heteroatoms. The first-order valence-corrected chi connectivity index (χ1v) is 9.37. The molecule has 1 aromatic carbocycles. The maximum absolute atomic E-state index is 4.45. The molecule has 1 fully saturated rings. The zero-order valence-corrected chi connectivity index (χ0v) is 15.7. The van der Waals surface area contributed by atoms with Gasteiger partial charge >= 0.3 is 0 Å². The monoisotopic (exact) mass is 352 g/mol. The minimum atomic E-state index is 0.820. The average molecular weight is 352 g/mol. The first-order chi connectivity index (χ1) is 12.8. The van der Waals surface area contributed by atoms with E-state index in [1.54, 1.807) is 6.33 Å². The molecule has 2 aromatic rings. The second-order valence-electron chi connectivity index (χ2n) is 6.47. The molecule has 0 atom stereocenters. The highest BCUT2D eigenvalue weighted by Gasteiger charge is 2.17. The summed E-state index contributed by atoms with van der Waals surface area (Å²) in [4.78, 5) is 6.80. The normalized spacial score (nSPS) is 15.2. The number of nitrogens with one attached hydrogen (secondary N) is 1. The number of hydrogen-bond donors (Lipinski definition) is 1. The summed E-state index contributed by atoms with van der Waals surface area (Å²) in [5.41, 5.74) is 2.80. The van der Waals surface area contributed by atoms with Gasteiger partial charge in [-0.15, -0.1) is 10.2 Å². The molecule has 1 saturated heterocycles. The summed E-state index contributed by atoms with van der Waals surface area (Å²) < 4.78 is 2.09. The van der Waals surface area contributed by atoms with Crippen LogP contribution in [-0.4, -0.2) is 52.3 Å². The fourth-order valence-electron chi connectivity index (χ4n) is 3.29. The van der Waals surface area contributed by atoms with Crippen molar-refractivity contribution in [3.63, 3.8) is 0 Å². The lowest BCUT2D eigenvalue weighted by Crippen LogP contribution is -2.45. The van der Waals surface area contributed by atoms with Crippen LogP contribution in [0.15, 0.2) is 47.2 Å². The van der Waals surface area contributed by atoms with E-state index >= 15 is 0 Å². The zero-order valence-electron chi connectivity index (χ0n) is 15.7. The average Bonchev–Trinajstić information content (AvgIpc) is 3.14. The van der Waals surface area contributed by atoms with Gasteiger partial charge in [0.15, 0.2) is 5.96 Å². The number of benzene rings is 1. The van der Waals surface area contributed by atoms with Crippen LogP contribution in [0.3, 0.4) is 0 Å². The largest absolute Gasteiger partial charge is 0.354 e. The third kappa shape index (κ3) is 4.71. The quantitative estimate of drug-likeness (QED) is 0.664. The number of nitrogens with zero attached hydrogens (tertiary/aromatic N) is 5. The lowest BCUT2D eigenvalue weighted by Gasteiger charge is -2.31. The molecule has 0 spiro atoms. The van der Waals surface area contributed by atoms with Gasteiger partial charge in [-0.1, -0.05) is 48.9 Å². The van der Waals surface area contributed by atoms with E-state index in [1.165, 1.54) is 11.1 Å².